The zero-order chi connectivity index (χ0) is 20.3. The molecule has 1 aliphatic rings. The zero-order valence-electron chi connectivity index (χ0n) is 16.2. The fourth-order valence-electron chi connectivity index (χ4n) is 3.92. The number of rotatable bonds is 4. The number of likely N-dealkylation sites (tertiary alicyclic amines) is 1. The summed E-state index contributed by atoms with van der Waals surface area (Å²) in [4.78, 5) is 30.8. The molecule has 3 N–H and O–H groups in total. The van der Waals surface area contributed by atoms with Gasteiger partial charge in [0.25, 0.3) is 0 Å². The van der Waals surface area contributed by atoms with Gasteiger partial charge in [-0.25, -0.2) is 0 Å². The summed E-state index contributed by atoms with van der Waals surface area (Å²) in [7, 11) is 0. The summed E-state index contributed by atoms with van der Waals surface area (Å²) >= 11 is 0. The van der Waals surface area contributed by atoms with Gasteiger partial charge in [0.15, 0.2) is 0 Å². The quantitative estimate of drug-likeness (QED) is 0.669. The van der Waals surface area contributed by atoms with Gasteiger partial charge in [0.05, 0.1) is 11.1 Å². The predicted octanol–water partition coefficient (Wildman–Crippen LogP) is 1.98. The van der Waals surface area contributed by atoms with Crippen LogP contribution in [0.5, 0.6) is 0 Å². The standard InChI is InChI=1S/C23H24N4O2/c24-23(18-6-2-1-3-7-18)12-15-27(16-23)22(29)21(28)26-14-11-17-10-13-25-20-9-5-4-8-19(17)20/h1-10,13H,11-12,14-16,24H2,(H,26,28). The Morgan fingerprint density at radius 3 is 2.66 bits per heavy atom. The lowest BCUT2D eigenvalue weighted by Gasteiger charge is -2.25. The van der Waals surface area contributed by atoms with E-state index in [0.29, 0.717) is 32.5 Å². The Balaban J connectivity index is 1.34. The number of nitrogens with zero attached hydrogens (tertiary/aromatic N) is 2. The van der Waals surface area contributed by atoms with Crippen LogP contribution in [0, 0.1) is 0 Å². The number of nitrogens with two attached hydrogens (primary N) is 1. The Hall–Kier alpha value is -3.25. The van der Waals surface area contributed by atoms with E-state index in [1.165, 1.54) is 0 Å². The van der Waals surface area contributed by atoms with Crippen LogP contribution < -0.4 is 11.1 Å². The SMILES string of the molecule is NC1(c2ccccc2)CCN(C(=O)C(=O)NCCc2ccnc3ccccc23)C1. The summed E-state index contributed by atoms with van der Waals surface area (Å²) < 4.78 is 0. The summed E-state index contributed by atoms with van der Waals surface area (Å²) in [6.07, 6.45) is 3.03. The van der Waals surface area contributed by atoms with Crippen LogP contribution >= 0.6 is 0 Å². The molecule has 1 fully saturated rings. The highest BCUT2D eigenvalue weighted by Gasteiger charge is 2.39. The Labute approximate surface area is 169 Å². The topological polar surface area (TPSA) is 88.3 Å². The number of nitrogens with one attached hydrogen (secondary N) is 1. The number of aromatic nitrogens is 1. The van der Waals surface area contributed by atoms with Gasteiger partial charge < -0.3 is 16.0 Å². The summed E-state index contributed by atoms with van der Waals surface area (Å²) in [6, 6.07) is 19.6. The van der Waals surface area contributed by atoms with Gasteiger partial charge in [0.2, 0.25) is 0 Å². The van der Waals surface area contributed by atoms with E-state index in [1.54, 1.807) is 11.1 Å². The lowest BCUT2D eigenvalue weighted by atomic mass is 9.90. The maximum Gasteiger partial charge on any atom is 0.311 e. The fourth-order valence-corrected chi connectivity index (χ4v) is 3.92. The third-order valence-electron chi connectivity index (χ3n) is 5.55. The second-order valence-electron chi connectivity index (χ2n) is 7.49. The molecule has 148 valence electrons. The lowest BCUT2D eigenvalue weighted by Crippen LogP contribution is -2.46. The molecule has 1 aromatic heterocycles. The second kappa shape index (κ2) is 8.01. The molecule has 3 aromatic rings. The first-order valence-corrected chi connectivity index (χ1v) is 9.81. The van der Waals surface area contributed by atoms with Crippen LogP contribution in [0.1, 0.15) is 17.5 Å². The van der Waals surface area contributed by atoms with Crippen molar-refractivity contribution in [1.29, 1.82) is 0 Å². The molecule has 6 heteroatoms. The highest BCUT2D eigenvalue weighted by molar-refractivity contribution is 6.35. The largest absolute Gasteiger partial charge is 0.347 e. The molecular formula is C23H24N4O2. The third kappa shape index (κ3) is 3.98. The Morgan fingerprint density at radius 2 is 1.83 bits per heavy atom. The van der Waals surface area contributed by atoms with Gasteiger partial charge in [-0.3, -0.25) is 14.6 Å². The fraction of sp³-hybridized carbons (Fsp3) is 0.261. The van der Waals surface area contributed by atoms with E-state index >= 15 is 0 Å². The van der Waals surface area contributed by atoms with Gasteiger partial charge in [-0.05, 0) is 36.1 Å². The van der Waals surface area contributed by atoms with E-state index in [0.717, 1.165) is 22.0 Å². The summed E-state index contributed by atoms with van der Waals surface area (Å²) in [5.74, 6) is -1.10. The van der Waals surface area contributed by atoms with Gasteiger partial charge >= 0.3 is 11.8 Å². The maximum absolute atomic E-state index is 12.6. The van der Waals surface area contributed by atoms with Gasteiger partial charge in [-0.15, -0.1) is 0 Å². The molecule has 0 saturated carbocycles. The van der Waals surface area contributed by atoms with Crippen LogP contribution in [0.3, 0.4) is 0 Å². The Morgan fingerprint density at radius 1 is 1.07 bits per heavy atom. The van der Waals surface area contributed by atoms with Crippen molar-refractivity contribution in [2.75, 3.05) is 19.6 Å². The maximum atomic E-state index is 12.6. The average molecular weight is 388 g/mol. The molecule has 1 unspecified atom stereocenters. The van der Waals surface area contributed by atoms with Crippen LogP contribution in [0.4, 0.5) is 0 Å². The molecule has 1 atom stereocenters. The highest BCUT2D eigenvalue weighted by atomic mass is 16.2. The number of hydrogen-bond donors (Lipinski definition) is 2. The molecule has 2 aromatic carbocycles. The number of carbonyl (C=O) groups excluding carboxylic acids is 2. The van der Waals surface area contributed by atoms with Crippen molar-refractivity contribution in [3.05, 3.63) is 78.0 Å². The number of carbonyl (C=O) groups is 2. The monoisotopic (exact) mass is 388 g/mol. The van der Waals surface area contributed by atoms with Crippen molar-refractivity contribution in [3.8, 4) is 0 Å². The summed E-state index contributed by atoms with van der Waals surface area (Å²) in [6.45, 7) is 1.21. The van der Waals surface area contributed by atoms with Crippen LogP contribution in [-0.2, 0) is 21.5 Å². The van der Waals surface area contributed by atoms with E-state index in [2.05, 4.69) is 10.3 Å². The minimum atomic E-state index is -0.604. The van der Waals surface area contributed by atoms with E-state index in [4.69, 9.17) is 5.73 Å². The van der Waals surface area contributed by atoms with Gasteiger partial charge in [-0.2, -0.15) is 0 Å². The minimum absolute atomic E-state index is 0.345. The smallest absolute Gasteiger partial charge is 0.311 e. The number of benzene rings is 2. The van der Waals surface area contributed by atoms with Crippen molar-refractivity contribution in [2.45, 2.75) is 18.4 Å². The molecule has 2 heterocycles. The first-order chi connectivity index (χ1) is 14.1. The zero-order valence-corrected chi connectivity index (χ0v) is 16.2. The number of pyridine rings is 1. The molecular weight excluding hydrogens is 364 g/mol. The first kappa shape index (κ1) is 19.1. The number of amides is 2. The van der Waals surface area contributed by atoms with Crippen molar-refractivity contribution in [2.24, 2.45) is 5.73 Å². The summed E-state index contributed by atoms with van der Waals surface area (Å²) in [5, 5.41) is 3.81. The molecule has 2 amide bonds. The van der Waals surface area contributed by atoms with E-state index in [-0.39, 0.29) is 0 Å². The van der Waals surface area contributed by atoms with Crippen molar-refractivity contribution < 1.29 is 9.59 Å². The molecule has 4 rings (SSSR count). The number of hydrogen-bond acceptors (Lipinski definition) is 4. The average Bonchev–Trinajstić information content (AvgIpc) is 3.17. The van der Waals surface area contributed by atoms with Gasteiger partial charge in [0.1, 0.15) is 0 Å². The van der Waals surface area contributed by atoms with E-state index in [1.807, 2.05) is 60.7 Å². The molecule has 0 radical (unpaired) electrons. The van der Waals surface area contributed by atoms with Crippen LogP contribution in [0.15, 0.2) is 66.9 Å². The highest BCUT2D eigenvalue weighted by Crippen LogP contribution is 2.29. The summed E-state index contributed by atoms with van der Waals surface area (Å²) in [5.41, 5.74) is 8.90. The molecule has 0 bridgehead atoms. The van der Waals surface area contributed by atoms with Crippen molar-refractivity contribution >= 4 is 22.7 Å². The molecule has 1 saturated heterocycles. The minimum Gasteiger partial charge on any atom is -0.347 e. The van der Waals surface area contributed by atoms with Crippen molar-refractivity contribution in [1.82, 2.24) is 15.2 Å². The van der Waals surface area contributed by atoms with E-state index in [9.17, 15) is 9.59 Å². The number of para-hydroxylation sites is 1. The van der Waals surface area contributed by atoms with Crippen LogP contribution in [0.25, 0.3) is 10.9 Å². The second-order valence-corrected chi connectivity index (χ2v) is 7.49. The van der Waals surface area contributed by atoms with Gasteiger partial charge in [-0.1, -0.05) is 48.5 Å². The van der Waals surface area contributed by atoms with Gasteiger partial charge in [0, 0.05) is 31.2 Å². The molecule has 0 spiro atoms. The van der Waals surface area contributed by atoms with Crippen LogP contribution in [-0.4, -0.2) is 41.3 Å². The Bertz CT molecular complexity index is 1030. The molecule has 0 aliphatic carbocycles. The Kier molecular flexibility index (Phi) is 5.27. The normalized spacial score (nSPS) is 18.7. The molecule has 6 nitrogen and oxygen atoms in total. The third-order valence-corrected chi connectivity index (χ3v) is 5.55. The first-order valence-electron chi connectivity index (χ1n) is 9.81. The molecule has 29 heavy (non-hydrogen) atoms. The van der Waals surface area contributed by atoms with Crippen LogP contribution in [0.2, 0.25) is 0 Å². The van der Waals surface area contributed by atoms with Crippen molar-refractivity contribution in [3.63, 3.8) is 0 Å². The predicted molar refractivity (Wildman–Crippen MR) is 112 cm³/mol. The van der Waals surface area contributed by atoms with E-state index < -0.39 is 17.4 Å². The lowest BCUT2D eigenvalue weighted by molar-refractivity contribution is -0.145. The number of fused-ring (bicyclic) bond motifs is 1. The molecule has 1 aliphatic heterocycles.